The summed E-state index contributed by atoms with van der Waals surface area (Å²) in [6, 6.07) is 25.0. The quantitative estimate of drug-likeness (QED) is 0.253. The van der Waals surface area contributed by atoms with Gasteiger partial charge in [-0.3, -0.25) is 4.98 Å². The van der Waals surface area contributed by atoms with Gasteiger partial charge in [-0.25, -0.2) is 14.2 Å². The molecule has 8 heteroatoms. The number of nitrogens with zero attached hydrogens (tertiary/aromatic N) is 3. The summed E-state index contributed by atoms with van der Waals surface area (Å²) in [5.74, 6) is -0.0646. The van der Waals surface area contributed by atoms with Crippen LogP contribution in [0.15, 0.2) is 91.3 Å². The minimum atomic E-state index is -0.548. The van der Waals surface area contributed by atoms with E-state index in [9.17, 15) is 4.79 Å². The van der Waals surface area contributed by atoms with E-state index in [0.717, 1.165) is 11.1 Å². The predicted molar refractivity (Wildman–Crippen MR) is 157 cm³/mol. The number of carbonyl (C=O) groups excluding carboxylic acids is 1. The van der Waals surface area contributed by atoms with Crippen molar-refractivity contribution in [2.75, 3.05) is 18.4 Å². The maximum absolute atomic E-state index is 15.3. The van der Waals surface area contributed by atoms with Gasteiger partial charge in [0.05, 0.1) is 17.6 Å². The van der Waals surface area contributed by atoms with Crippen LogP contribution in [0.25, 0.3) is 0 Å². The van der Waals surface area contributed by atoms with Crippen LogP contribution in [-0.4, -0.2) is 39.7 Å². The number of nitrogens with one attached hydrogen (secondary N) is 1. The molecule has 1 aliphatic rings. The molecule has 2 aromatic heterocycles. The van der Waals surface area contributed by atoms with Gasteiger partial charge in [0.25, 0.3) is 0 Å². The number of hydrogen-bond donors (Lipinski definition) is 1. The summed E-state index contributed by atoms with van der Waals surface area (Å²) < 4.78 is 27.3. The fourth-order valence-electron chi connectivity index (χ4n) is 4.91. The molecule has 0 atom stereocenters. The number of piperidine rings is 1. The molecular formula is C33H35FN4O3. The van der Waals surface area contributed by atoms with Crippen molar-refractivity contribution in [3.8, 4) is 5.88 Å². The maximum atomic E-state index is 15.3. The summed E-state index contributed by atoms with van der Waals surface area (Å²) in [6.45, 7) is 6.54. The average molecular weight is 555 g/mol. The molecule has 0 bridgehead atoms. The Labute approximate surface area is 240 Å². The van der Waals surface area contributed by atoms with E-state index in [-0.39, 0.29) is 23.9 Å². The van der Waals surface area contributed by atoms with Gasteiger partial charge in [0.1, 0.15) is 17.1 Å². The van der Waals surface area contributed by atoms with Crippen LogP contribution < -0.4 is 10.1 Å². The highest BCUT2D eigenvalue weighted by Gasteiger charge is 2.29. The van der Waals surface area contributed by atoms with Crippen molar-refractivity contribution in [3.63, 3.8) is 0 Å². The third-order valence-corrected chi connectivity index (χ3v) is 6.89. The molecule has 0 saturated carbocycles. The monoisotopic (exact) mass is 554 g/mol. The number of anilines is 2. The van der Waals surface area contributed by atoms with Crippen LogP contribution in [-0.2, 0) is 4.74 Å². The first-order valence-electron chi connectivity index (χ1n) is 13.9. The van der Waals surface area contributed by atoms with Crippen molar-refractivity contribution in [1.29, 1.82) is 0 Å². The van der Waals surface area contributed by atoms with Gasteiger partial charge < -0.3 is 19.7 Å². The third kappa shape index (κ3) is 7.20. The Morgan fingerprint density at radius 1 is 0.951 bits per heavy atom. The van der Waals surface area contributed by atoms with Crippen LogP contribution in [0.4, 0.5) is 20.6 Å². The lowest BCUT2D eigenvalue weighted by molar-refractivity contribution is 0.0203. The molecule has 1 saturated heterocycles. The first-order chi connectivity index (χ1) is 19.8. The summed E-state index contributed by atoms with van der Waals surface area (Å²) in [5, 5.41) is 3.24. The highest BCUT2D eigenvalue weighted by atomic mass is 19.1. The van der Waals surface area contributed by atoms with E-state index in [0.29, 0.717) is 48.9 Å². The van der Waals surface area contributed by atoms with Crippen LogP contribution in [0.2, 0.25) is 0 Å². The Hall–Kier alpha value is -4.46. The molecule has 3 heterocycles. The molecule has 7 nitrogen and oxygen atoms in total. The first kappa shape index (κ1) is 28.1. The molecule has 0 radical (unpaired) electrons. The number of rotatable bonds is 7. The number of benzene rings is 2. The molecule has 0 unspecified atom stereocenters. The molecule has 2 aromatic carbocycles. The molecule has 5 rings (SSSR count). The molecule has 1 fully saturated rings. The zero-order valence-corrected chi connectivity index (χ0v) is 23.6. The van der Waals surface area contributed by atoms with E-state index in [1.54, 1.807) is 23.4 Å². The molecular weight excluding hydrogens is 519 g/mol. The topological polar surface area (TPSA) is 76.6 Å². The molecule has 4 aromatic rings. The van der Waals surface area contributed by atoms with Crippen LogP contribution in [0, 0.1) is 5.82 Å². The lowest BCUT2D eigenvalue weighted by atomic mass is 9.93. The van der Waals surface area contributed by atoms with Gasteiger partial charge in [0, 0.05) is 31.3 Å². The van der Waals surface area contributed by atoms with E-state index in [1.165, 1.54) is 6.07 Å². The molecule has 1 N–H and O–H groups in total. The number of likely N-dealkylation sites (tertiary alicyclic amines) is 1. The normalized spacial score (nSPS) is 14.1. The van der Waals surface area contributed by atoms with Gasteiger partial charge >= 0.3 is 6.09 Å². The summed E-state index contributed by atoms with van der Waals surface area (Å²) >= 11 is 0. The van der Waals surface area contributed by atoms with Crippen molar-refractivity contribution in [1.82, 2.24) is 14.9 Å². The van der Waals surface area contributed by atoms with E-state index in [4.69, 9.17) is 9.47 Å². The zero-order chi connectivity index (χ0) is 28.8. The van der Waals surface area contributed by atoms with Crippen molar-refractivity contribution < 1.29 is 18.7 Å². The highest BCUT2D eigenvalue weighted by molar-refractivity contribution is 5.68. The minimum absolute atomic E-state index is 0.0717. The Bertz CT molecular complexity index is 1410. The summed E-state index contributed by atoms with van der Waals surface area (Å²) in [4.78, 5) is 23.0. The number of amides is 1. The lowest BCUT2D eigenvalue weighted by Gasteiger charge is -2.33. The number of pyridine rings is 2. The minimum Gasteiger partial charge on any atom is -0.463 e. The van der Waals surface area contributed by atoms with Gasteiger partial charge in [-0.1, -0.05) is 60.7 Å². The van der Waals surface area contributed by atoms with Gasteiger partial charge in [0.2, 0.25) is 5.88 Å². The van der Waals surface area contributed by atoms with Crippen LogP contribution in [0.3, 0.4) is 0 Å². The Morgan fingerprint density at radius 3 is 2.17 bits per heavy atom. The van der Waals surface area contributed by atoms with Crippen LogP contribution in [0.1, 0.15) is 62.5 Å². The smallest absolute Gasteiger partial charge is 0.410 e. The number of ether oxygens (including phenoxy) is 2. The van der Waals surface area contributed by atoms with Crippen molar-refractivity contribution >= 4 is 17.5 Å². The van der Waals surface area contributed by atoms with Crippen molar-refractivity contribution in [2.24, 2.45) is 0 Å². The summed E-state index contributed by atoms with van der Waals surface area (Å²) in [7, 11) is 0. The van der Waals surface area contributed by atoms with E-state index in [2.05, 4.69) is 15.3 Å². The second-order valence-electron chi connectivity index (χ2n) is 11.1. The summed E-state index contributed by atoms with van der Waals surface area (Å²) in [6.07, 6.45) is 3.82. The second kappa shape index (κ2) is 12.4. The van der Waals surface area contributed by atoms with Gasteiger partial charge in [-0.2, -0.15) is 0 Å². The van der Waals surface area contributed by atoms with Crippen molar-refractivity contribution in [2.45, 2.75) is 51.2 Å². The number of halogens is 1. The average Bonchev–Trinajstić information content (AvgIpc) is 2.97. The fourth-order valence-corrected chi connectivity index (χ4v) is 4.91. The molecule has 41 heavy (non-hydrogen) atoms. The predicted octanol–water partition coefficient (Wildman–Crippen LogP) is 7.64. The van der Waals surface area contributed by atoms with E-state index >= 15 is 4.39 Å². The maximum Gasteiger partial charge on any atom is 0.410 e. The number of hydrogen-bond acceptors (Lipinski definition) is 6. The molecule has 1 amide bonds. The molecule has 1 aliphatic heterocycles. The van der Waals surface area contributed by atoms with Gasteiger partial charge in [-0.05, 0) is 56.9 Å². The van der Waals surface area contributed by atoms with Gasteiger partial charge in [0.15, 0.2) is 6.10 Å². The Morgan fingerprint density at radius 2 is 1.59 bits per heavy atom. The zero-order valence-electron chi connectivity index (χ0n) is 23.6. The summed E-state index contributed by atoms with van der Waals surface area (Å²) in [5.41, 5.74) is 2.94. The van der Waals surface area contributed by atoms with Crippen molar-refractivity contribution in [3.05, 3.63) is 114 Å². The van der Waals surface area contributed by atoms with Gasteiger partial charge in [-0.15, -0.1) is 0 Å². The highest BCUT2D eigenvalue weighted by Crippen LogP contribution is 2.34. The van der Waals surface area contributed by atoms with Crippen LogP contribution >= 0.6 is 0 Å². The SMILES string of the molecule is CC(C)(C)OC(=O)N1CCC(c2ncc(Nc3cccnc3OC(c3ccccc3)c3ccccc3)cc2F)CC1. The number of aromatic nitrogens is 2. The Balaban J connectivity index is 1.29. The van der Waals surface area contributed by atoms with Crippen LogP contribution in [0.5, 0.6) is 5.88 Å². The second-order valence-corrected chi connectivity index (χ2v) is 11.1. The fraction of sp³-hybridized carbons (Fsp3) is 0.303. The molecule has 0 aliphatic carbocycles. The van der Waals surface area contributed by atoms with E-state index in [1.807, 2.05) is 87.5 Å². The molecule has 212 valence electrons. The molecule has 0 spiro atoms. The first-order valence-corrected chi connectivity index (χ1v) is 13.9. The third-order valence-electron chi connectivity index (χ3n) is 6.89. The standard InChI is InChI=1S/C33H35FN4O3/c1-33(2,3)41-32(39)38-19-16-23(17-20-38)29-27(34)21-26(22-36-29)37-28-15-10-18-35-31(28)40-30(24-11-6-4-7-12-24)25-13-8-5-9-14-25/h4-15,18,21-23,30,37H,16-17,19-20H2,1-3H3. The Kier molecular flexibility index (Phi) is 8.47. The largest absolute Gasteiger partial charge is 0.463 e. The van der Waals surface area contributed by atoms with E-state index < -0.39 is 5.60 Å². The lowest BCUT2D eigenvalue weighted by Crippen LogP contribution is -2.41. The number of carbonyl (C=O) groups is 1.